The summed E-state index contributed by atoms with van der Waals surface area (Å²) < 4.78 is 2.71. The Morgan fingerprint density at radius 3 is 2.30 bits per heavy atom. The van der Waals surface area contributed by atoms with E-state index < -0.39 is 5.97 Å². The van der Waals surface area contributed by atoms with Crippen molar-refractivity contribution in [3.63, 3.8) is 0 Å². The summed E-state index contributed by atoms with van der Waals surface area (Å²) in [5.41, 5.74) is 1.78. The fourth-order valence-electron chi connectivity index (χ4n) is 1.76. The van der Waals surface area contributed by atoms with Gasteiger partial charge in [0.05, 0.1) is 11.7 Å². The number of carboxylic acid groups (broad SMARTS) is 1. The first kappa shape index (κ1) is 24.1. The van der Waals surface area contributed by atoms with E-state index in [1.54, 1.807) is 13.0 Å². The number of halogens is 3. The molecule has 0 aliphatic rings. The predicted octanol–water partition coefficient (Wildman–Crippen LogP) is 0.786. The topological polar surface area (TPSA) is 69.2 Å². The van der Waals surface area contributed by atoms with E-state index in [4.69, 9.17) is 0 Å². The molecule has 0 saturated heterocycles. The van der Waals surface area contributed by atoms with Gasteiger partial charge in [-0.15, -0.1) is 0 Å². The Hall–Kier alpha value is 1.09. The van der Waals surface area contributed by atoms with Crippen molar-refractivity contribution in [1.29, 1.82) is 0 Å². The Morgan fingerprint density at radius 2 is 1.83 bits per heavy atom. The molecule has 1 aromatic carbocycles. The summed E-state index contributed by atoms with van der Waals surface area (Å²) in [5.74, 6) is -1.20. The molecule has 1 N–H and O–H groups in total. The fraction of sp³-hybridized carbons (Fsp3) is 0.333. The van der Waals surface area contributed by atoms with Crippen molar-refractivity contribution in [3.05, 3.63) is 27.9 Å². The maximum Gasteiger partial charge on any atom is 1.00 e. The van der Waals surface area contributed by atoms with Crippen LogP contribution in [0.3, 0.4) is 0 Å². The van der Waals surface area contributed by atoms with Gasteiger partial charge in [-0.1, -0.05) is 13.8 Å². The summed E-state index contributed by atoms with van der Waals surface area (Å²) in [7, 11) is 0. The molecule has 0 spiro atoms. The van der Waals surface area contributed by atoms with E-state index in [0.29, 0.717) is 12.8 Å². The van der Waals surface area contributed by atoms with Crippen LogP contribution in [-0.4, -0.2) is 11.9 Å². The Bertz CT molecular complexity index is 633. The Labute approximate surface area is 199 Å². The van der Waals surface area contributed by atoms with Gasteiger partial charge in [0, 0.05) is 22.7 Å². The molecule has 0 heterocycles. The second kappa shape index (κ2) is 11.7. The van der Waals surface area contributed by atoms with E-state index in [-0.39, 0.29) is 41.0 Å². The summed E-state index contributed by atoms with van der Waals surface area (Å²) in [6.07, 6.45) is 3.26. The number of nitrogens with one attached hydrogen (secondary N) is 1. The third-order valence-corrected chi connectivity index (χ3v) is 5.77. The number of hydrogen-bond acceptors (Lipinski definition) is 3. The average Bonchev–Trinajstić information content (AvgIpc) is 2.43. The molecule has 1 amide bonds. The van der Waals surface area contributed by atoms with Crippen LogP contribution in [-0.2, 0) is 9.59 Å². The zero-order valence-corrected chi connectivity index (χ0v) is 21.6. The molecule has 0 aliphatic heterocycles. The number of hydrogen-bond donors (Lipinski definition) is 1. The predicted molar refractivity (Wildman–Crippen MR) is 111 cm³/mol. The number of amides is 1. The molecule has 0 aromatic heterocycles. The minimum atomic E-state index is -1.16. The van der Waals surface area contributed by atoms with E-state index in [1.807, 2.05) is 13.0 Å². The van der Waals surface area contributed by atoms with Crippen LogP contribution in [0.5, 0.6) is 0 Å². The van der Waals surface area contributed by atoms with Crippen molar-refractivity contribution in [3.8, 4) is 0 Å². The van der Waals surface area contributed by atoms with Crippen LogP contribution in [0.15, 0.2) is 11.6 Å². The van der Waals surface area contributed by atoms with Crippen LogP contribution in [0.25, 0.3) is 6.08 Å². The van der Waals surface area contributed by atoms with E-state index in [2.05, 4.69) is 73.1 Å². The largest absolute Gasteiger partial charge is 1.00 e. The van der Waals surface area contributed by atoms with Crippen LogP contribution in [0.1, 0.15) is 38.7 Å². The van der Waals surface area contributed by atoms with Gasteiger partial charge in [0.1, 0.15) is 0 Å². The van der Waals surface area contributed by atoms with Gasteiger partial charge in [-0.3, -0.25) is 4.79 Å². The molecule has 0 bridgehead atoms. The van der Waals surface area contributed by atoms with Crippen LogP contribution in [0.4, 0.5) is 5.69 Å². The summed E-state index contributed by atoms with van der Waals surface area (Å²) >= 11 is 6.49. The number of anilines is 1. The van der Waals surface area contributed by atoms with Gasteiger partial charge in [-0.2, -0.15) is 0 Å². The van der Waals surface area contributed by atoms with Crippen molar-refractivity contribution in [2.24, 2.45) is 0 Å². The smallest absolute Gasteiger partial charge is 0.545 e. The van der Waals surface area contributed by atoms with Gasteiger partial charge >= 0.3 is 29.6 Å². The molecule has 1 aromatic rings. The molecule has 1 rings (SSSR count). The summed E-state index contributed by atoms with van der Waals surface area (Å²) in [6, 6.07) is 1.93. The molecule has 0 aliphatic carbocycles. The standard InChI is InChI=1S/C15H16I3NO3.Na/c1-3-5-12(20)19-14-11(17)7-10(16)9(13(14)18)6-8(4-2)15(21)22;/h6-7H,3-5H2,1-2H3,(H,19,20)(H,21,22);/q;+1/p-1. The molecule has 0 fully saturated rings. The zero-order chi connectivity index (χ0) is 16.9. The first-order valence-electron chi connectivity index (χ1n) is 6.71. The maximum absolute atomic E-state index is 11.9. The average molecular weight is 661 g/mol. The second-order valence-corrected chi connectivity index (χ2v) is 7.95. The zero-order valence-electron chi connectivity index (χ0n) is 13.1. The SMILES string of the molecule is CCCC(=O)Nc1c(I)cc(I)c(C=C(CC)C(=O)[O-])c1I.[Na+]. The Balaban J connectivity index is 0.00000484. The number of carboxylic acids is 1. The van der Waals surface area contributed by atoms with E-state index >= 15 is 0 Å². The fourth-order valence-corrected chi connectivity index (χ4v) is 5.71. The first-order chi connectivity index (χ1) is 10.3. The van der Waals surface area contributed by atoms with Gasteiger partial charge < -0.3 is 15.2 Å². The van der Waals surface area contributed by atoms with E-state index in [9.17, 15) is 14.7 Å². The molecule has 23 heavy (non-hydrogen) atoms. The van der Waals surface area contributed by atoms with Crippen LogP contribution >= 0.6 is 67.8 Å². The number of carbonyl (C=O) groups is 2. The quantitative estimate of drug-likeness (QED) is 0.279. The minimum Gasteiger partial charge on any atom is -0.545 e. The molecular weight excluding hydrogens is 646 g/mol. The van der Waals surface area contributed by atoms with Crippen molar-refractivity contribution in [2.75, 3.05) is 5.32 Å². The number of benzene rings is 1. The summed E-state index contributed by atoms with van der Waals surface area (Å²) in [6.45, 7) is 3.73. The normalized spacial score (nSPS) is 10.9. The van der Waals surface area contributed by atoms with Gasteiger partial charge in [-0.05, 0) is 98.3 Å². The minimum absolute atomic E-state index is 0. The third-order valence-electron chi connectivity index (χ3n) is 2.91. The monoisotopic (exact) mass is 661 g/mol. The van der Waals surface area contributed by atoms with Crippen molar-refractivity contribution in [2.45, 2.75) is 33.1 Å². The van der Waals surface area contributed by atoms with E-state index in [0.717, 1.165) is 28.4 Å². The molecule has 0 unspecified atom stereocenters. The van der Waals surface area contributed by atoms with E-state index in [1.165, 1.54) is 0 Å². The molecule has 8 heteroatoms. The van der Waals surface area contributed by atoms with Gasteiger partial charge in [0.25, 0.3) is 0 Å². The first-order valence-corrected chi connectivity index (χ1v) is 9.94. The van der Waals surface area contributed by atoms with Crippen LogP contribution in [0.2, 0.25) is 0 Å². The number of rotatable bonds is 6. The molecular formula is C15H15I3NNaO3. The summed E-state index contributed by atoms with van der Waals surface area (Å²) in [4.78, 5) is 23.0. The Morgan fingerprint density at radius 1 is 1.22 bits per heavy atom. The van der Waals surface area contributed by atoms with Crippen LogP contribution < -0.4 is 40.0 Å². The van der Waals surface area contributed by atoms with Gasteiger partial charge in [0.15, 0.2) is 0 Å². The van der Waals surface area contributed by atoms with Crippen molar-refractivity contribution in [1.82, 2.24) is 0 Å². The number of carbonyl (C=O) groups excluding carboxylic acids is 2. The molecule has 120 valence electrons. The van der Waals surface area contributed by atoms with Crippen molar-refractivity contribution >= 4 is 91.4 Å². The maximum atomic E-state index is 11.9. The summed E-state index contributed by atoms with van der Waals surface area (Å²) in [5, 5.41) is 14.0. The van der Waals surface area contributed by atoms with Gasteiger partial charge in [0.2, 0.25) is 5.91 Å². The third kappa shape index (κ3) is 7.08. The second-order valence-electron chi connectivity index (χ2n) is 4.55. The van der Waals surface area contributed by atoms with Gasteiger partial charge in [-0.25, -0.2) is 0 Å². The van der Waals surface area contributed by atoms with Crippen molar-refractivity contribution < 1.29 is 44.3 Å². The van der Waals surface area contributed by atoms with Crippen LogP contribution in [0, 0.1) is 10.7 Å². The molecule has 0 atom stereocenters. The molecule has 0 radical (unpaired) electrons. The molecule has 0 saturated carbocycles. The molecule has 4 nitrogen and oxygen atoms in total. The Kier molecular flexibility index (Phi) is 12.2. The number of aliphatic carboxylic acids is 1.